The van der Waals surface area contributed by atoms with Crippen molar-refractivity contribution in [3.8, 4) is 0 Å². The van der Waals surface area contributed by atoms with Gasteiger partial charge in [-0.05, 0) is 6.92 Å². The molecular formula is C8H15NO6. The fourth-order valence-electron chi connectivity index (χ4n) is 0.875. The molecule has 0 spiro atoms. The molecule has 0 unspecified atom stereocenters. The molecule has 0 aliphatic rings. The van der Waals surface area contributed by atoms with Crippen molar-refractivity contribution in [2.75, 3.05) is 0 Å². The van der Waals surface area contributed by atoms with Gasteiger partial charge < -0.3 is 20.4 Å². The van der Waals surface area contributed by atoms with Crippen LogP contribution in [0.3, 0.4) is 0 Å². The summed E-state index contributed by atoms with van der Waals surface area (Å²) < 4.78 is 0. The lowest BCUT2D eigenvalue weighted by molar-refractivity contribution is -0.148. The monoisotopic (exact) mass is 221 g/mol. The minimum atomic E-state index is -1.97. The Morgan fingerprint density at radius 2 is 1.53 bits per heavy atom. The molecule has 0 aromatic heterocycles. The molecule has 0 saturated heterocycles. The highest BCUT2D eigenvalue weighted by atomic mass is 16.4. The normalized spacial score (nSPS) is 18.8. The van der Waals surface area contributed by atoms with Crippen molar-refractivity contribution in [1.29, 1.82) is 0 Å². The van der Waals surface area contributed by atoms with Crippen molar-refractivity contribution < 1.29 is 30.0 Å². The number of amides is 2. The first-order valence-electron chi connectivity index (χ1n) is 4.31. The van der Waals surface area contributed by atoms with Crippen LogP contribution >= 0.6 is 0 Å². The minimum absolute atomic E-state index is 0.696. The van der Waals surface area contributed by atoms with Gasteiger partial charge in [0.2, 0.25) is 5.91 Å². The van der Waals surface area contributed by atoms with E-state index in [1.165, 1.54) is 6.92 Å². The molecule has 0 aliphatic heterocycles. The largest absolute Gasteiger partial charge is 0.391 e. The second kappa shape index (κ2) is 5.76. The number of hydrogen-bond acceptors (Lipinski definition) is 6. The van der Waals surface area contributed by atoms with Gasteiger partial charge in [-0.15, -0.1) is 0 Å². The van der Waals surface area contributed by atoms with Gasteiger partial charge in [0.1, 0.15) is 12.2 Å². The number of aliphatic hydroxyl groups excluding tert-OH is 4. The van der Waals surface area contributed by atoms with E-state index in [0.717, 1.165) is 6.92 Å². The summed E-state index contributed by atoms with van der Waals surface area (Å²) in [5.41, 5.74) is 0. The van der Waals surface area contributed by atoms with E-state index in [1.807, 2.05) is 0 Å². The number of nitrogens with one attached hydrogen (secondary N) is 1. The summed E-state index contributed by atoms with van der Waals surface area (Å²) >= 11 is 0. The van der Waals surface area contributed by atoms with Crippen LogP contribution in [-0.2, 0) is 9.59 Å². The topological polar surface area (TPSA) is 127 Å². The highest BCUT2D eigenvalue weighted by Gasteiger charge is 2.32. The highest BCUT2D eigenvalue weighted by Crippen LogP contribution is 2.04. The van der Waals surface area contributed by atoms with Gasteiger partial charge in [0.15, 0.2) is 6.10 Å². The second-order valence-electron chi connectivity index (χ2n) is 3.21. The fourth-order valence-corrected chi connectivity index (χ4v) is 0.875. The first-order valence-corrected chi connectivity index (χ1v) is 4.31. The third-order valence-corrected chi connectivity index (χ3v) is 1.74. The molecule has 15 heavy (non-hydrogen) atoms. The predicted octanol–water partition coefficient (Wildman–Crippen LogP) is -2.89. The quantitative estimate of drug-likeness (QED) is 0.347. The van der Waals surface area contributed by atoms with Gasteiger partial charge in [-0.2, -0.15) is 0 Å². The lowest BCUT2D eigenvalue weighted by Gasteiger charge is -2.23. The molecule has 0 radical (unpaired) electrons. The Morgan fingerprint density at radius 1 is 1.07 bits per heavy atom. The maximum Gasteiger partial charge on any atom is 0.258 e. The lowest BCUT2D eigenvalue weighted by Crippen LogP contribution is -2.51. The highest BCUT2D eigenvalue weighted by molar-refractivity contribution is 5.96. The van der Waals surface area contributed by atoms with Gasteiger partial charge in [0.05, 0.1) is 6.10 Å². The third-order valence-electron chi connectivity index (χ3n) is 1.74. The average Bonchev–Trinajstić information content (AvgIpc) is 2.13. The number of carbonyl (C=O) groups is 2. The summed E-state index contributed by atoms with van der Waals surface area (Å²) in [6.07, 6.45) is -6.81. The Hall–Kier alpha value is -1.02. The van der Waals surface area contributed by atoms with Crippen molar-refractivity contribution in [2.24, 2.45) is 0 Å². The summed E-state index contributed by atoms with van der Waals surface area (Å²) in [6, 6.07) is 0. The van der Waals surface area contributed by atoms with Crippen LogP contribution in [0.4, 0.5) is 0 Å². The SMILES string of the molecule is CC(=O)NC(=O)[C@@H](O)[C@H](O)[C@H](O)[C@H](C)O. The van der Waals surface area contributed by atoms with Crippen molar-refractivity contribution in [3.63, 3.8) is 0 Å². The molecule has 0 fully saturated rings. The zero-order chi connectivity index (χ0) is 12.2. The summed E-state index contributed by atoms with van der Waals surface area (Å²) in [6.45, 7) is 2.24. The van der Waals surface area contributed by atoms with E-state index < -0.39 is 36.2 Å². The van der Waals surface area contributed by atoms with Crippen LogP contribution in [-0.4, -0.2) is 56.7 Å². The minimum Gasteiger partial charge on any atom is -0.391 e. The Balaban J connectivity index is 4.36. The van der Waals surface area contributed by atoms with Gasteiger partial charge >= 0.3 is 0 Å². The first-order chi connectivity index (χ1) is 6.77. The van der Waals surface area contributed by atoms with E-state index in [0.29, 0.717) is 0 Å². The Kier molecular flexibility index (Phi) is 5.37. The van der Waals surface area contributed by atoms with Crippen LogP contribution in [0.2, 0.25) is 0 Å². The number of aliphatic hydroxyl groups is 4. The Labute approximate surface area is 86.3 Å². The number of rotatable bonds is 4. The Morgan fingerprint density at radius 3 is 1.87 bits per heavy atom. The molecule has 7 heteroatoms. The van der Waals surface area contributed by atoms with Gasteiger partial charge in [0.25, 0.3) is 5.91 Å². The predicted molar refractivity (Wildman–Crippen MR) is 48.5 cm³/mol. The van der Waals surface area contributed by atoms with Crippen molar-refractivity contribution in [1.82, 2.24) is 5.32 Å². The van der Waals surface area contributed by atoms with E-state index in [1.54, 1.807) is 5.32 Å². The summed E-state index contributed by atoms with van der Waals surface area (Å²) in [5.74, 6) is -1.83. The fraction of sp³-hybridized carbons (Fsp3) is 0.750. The summed E-state index contributed by atoms with van der Waals surface area (Å²) in [4.78, 5) is 21.4. The van der Waals surface area contributed by atoms with Crippen molar-refractivity contribution in [2.45, 2.75) is 38.3 Å². The first kappa shape index (κ1) is 14.0. The number of imide groups is 1. The molecule has 88 valence electrons. The second-order valence-corrected chi connectivity index (χ2v) is 3.21. The van der Waals surface area contributed by atoms with Gasteiger partial charge in [-0.1, -0.05) is 0 Å². The van der Waals surface area contributed by atoms with Crippen LogP contribution in [0.25, 0.3) is 0 Å². The number of carbonyl (C=O) groups excluding carboxylic acids is 2. The molecule has 0 aromatic rings. The standard InChI is InChI=1S/C8H15NO6/c1-3(10)5(12)6(13)7(14)8(15)9-4(2)11/h3,5-7,10,12-14H,1-2H3,(H,9,11,15)/t3-,5+,6+,7-/m0/s1. The molecule has 0 rings (SSSR count). The maximum atomic E-state index is 11.0. The van der Waals surface area contributed by atoms with E-state index in [9.17, 15) is 14.7 Å². The Bertz CT molecular complexity index is 241. The van der Waals surface area contributed by atoms with Crippen LogP contribution in [0, 0.1) is 0 Å². The van der Waals surface area contributed by atoms with E-state index in [-0.39, 0.29) is 0 Å². The molecule has 0 bridgehead atoms. The molecule has 0 saturated carbocycles. The van der Waals surface area contributed by atoms with Crippen LogP contribution in [0.1, 0.15) is 13.8 Å². The molecular weight excluding hydrogens is 206 g/mol. The zero-order valence-corrected chi connectivity index (χ0v) is 8.41. The molecule has 0 heterocycles. The molecule has 7 nitrogen and oxygen atoms in total. The van der Waals surface area contributed by atoms with E-state index in [2.05, 4.69) is 0 Å². The smallest absolute Gasteiger partial charge is 0.258 e. The van der Waals surface area contributed by atoms with E-state index in [4.69, 9.17) is 15.3 Å². The van der Waals surface area contributed by atoms with Crippen LogP contribution in [0.15, 0.2) is 0 Å². The number of hydrogen-bond donors (Lipinski definition) is 5. The molecule has 0 aromatic carbocycles. The third kappa shape index (κ3) is 4.34. The van der Waals surface area contributed by atoms with E-state index >= 15 is 0 Å². The maximum absolute atomic E-state index is 11.0. The molecule has 0 aliphatic carbocycles. The van der Waals surface area contributed by atoms with Crippen molar-refractivity contribution in [3.05, 3.63) is 0 Å². The molecule has 4 atom stereocenters. The van der Waals surface area contributed by atoms with Crippen LogP contribution < -0.4 is 5.32 Å². The average molecular weight is 221 g/mol. The summed E-state index contributed by atoms with van der Waals surface area (Å²) in [7, 11) is 0. The zero-order valence-electron chi connectivity index (χ0n) is 8.41. The van der Waals surface area contributed by atoms with Crippen molar-refractivity contribution >= 4 is 11.8 Å². The molecule has 5 N–H and O–H groups in total. The lowest BCUT2D eigenvalue weighted by atomic mass is 10.0. The molecule has 2 amide bonds. The van der Waals surface area contributed by atoms with Crippen LogP contribution in [0.5, 0.6) is 0 Å². The van der Waals surface area contributed by atoms with Gasteiger partial charge in [0, 0.05) is 6.92 Å². The van der Waals surface area contributed by atoms with Gasteiger partial charge in [-0.3, -0.25) is 14.9 Å². The summed E-state index contributed by atoms with van der Waals surface area (Å²) in [5, 5.41) is 38.1. The van der Waals surface area contributed by atoms with Gasteiger partial charge in [-0.25, -0.2) is 0 Å².